The van der Waals surface area contributed by atoms with E-state index in [1.54, 1.807) is 36.4 Å². The highest BCUT2D eigenvalue weighted by Gasteiger charge is 2.24. The van der Waals surface area contributed by atoms with Crippen LogP contribution in [0.5, 0.6) is 34.5 Å². The van der Waals surface area contributed by atoms with E-state index in [9.17, 15) is 58.8 Å². The first-order valence-corrected chi connectivity index (χ1v) is 27.4. The topological polar surface area (TPSA) is 318 Å². The summed E-state index contributed by atoms with van der Waals surface area (Å²) in [5.74, 6) is -8.41. The lowest BCUT2D eigenvalue weighted by Gasteiger charge is -2.14. The molecule has 0 bridgehead atoms. The Morgan fingerprint density at radius 3 is 1.14 bits per heavy atom. The molecular formula is C66H58N6O15. The molecule has 0 aliphatic heterocycles. The van der Waals surface area contributed by atoms with E-state index in [4.69, 9.17) is 14.2 Å². The van der Waals surface area contributed by atoms with Gasteiger partial charge in [0.25, 0.3) is 23.6 Å². The Bertz CT molecular complexity index is 3960. The molecule has 0 saturated carbocycles. The fraction of sp³-hybridized carbons (Fsp3) is 0.152. The van der Waals surface area contributed by atoms with Crippen LogP contribution >= 0.6 is 0 Å². The number of nitrogens with zero attached hydrogens (tertiary/aromatic N) is 2. The van der Waals surface area contributed by atoms with E-state index in [1.165, 1.54) is 80.9 Å². The number of ether oxygens (including phenoxy) is 3. The molecule has 0 spiro atoms. The molecule has 0 atom stereocenters. The van der Waals surface area contributed by atoms with Crippen molar-refractivity contribution in [3.63, 3.8) is 0 Å². The highest BCUT2D eigenvalue weighted by Crippen LogP contribution is 2.33. The Morgan fingerprint density at radius 1 is 0.368 bits per heavy atom. The van der Waals surface area contributed by atoms with E-state index < -0.39 is 69.8 Å². The van der Waals surface area contributed by atoms with Gasteiger partial charge in [-0.25, -0.2) is 19.2 Å². The van der Waals surface area contributed by atoms with Crippen molar-refractivity contribution in [2.45, 2.75) is 58.8 Å². The maximum Gasteiger partial charge on any atom is 0.336 e. The monoisotopic (exact) mass is 1170 g/mol. The summed E-state index contributed by atoms with van der Waals surface area (Å²) in [6, 6.07) is 39.5. The molecular weight excluding hydrogens is 1120 g/mol. The lowest BCUT2D eigenvalue weighted by atomic mass is 10.0. The van der Waals surface area contributed by atoms with Gasteiger partial charge in [-0.05, 0) is 165 Å². The van der Waals surface area contributed by atoms with Gasteiger partial charge in [0.15, 0.2) is 0 Å². The Balaban J connectivity index is 1.06. The summed E-state index contributed by atoms with van der Waals surface area (Å²) in [6.07, 6.45) is 7.77. The summed E-state index contributed by atoms with van der Waals surface area (Å²) in [4.78, 5) is 104. The maximum atomic E-state index is 14.3. The number of hydrogen-bond acceptors (Lipinski definition) is 13. The number of carboxylic acids is 4. The quantitative estimate of drug-likeness (QED) is 0.0185. The average Bonchev–Trinajstić information content (AvgIpc) is 1.92. The Labute approximate surface area is 498 Å². The Kier molecular flexibility index (Phi) is 20.3. The van der Waals surface area contributed by atoms with Crippen LogP contribution in [0.3, 0.4) is 0 Å². The van der Waals surface area contributed by atoms with E-state index in [1.807, 2.05) is 43.3 Å². The molecule has 442 valence electrons. The molecule has 4 amide bonds. The van der Waals surface area contributed by atoms with Crippen molar-refractivity contribution in [2.75, 3.05) is 23.0 Å². The van der Waals surface area contributed by atoms with Crippen LogP contribution in [0.25, 0.3) is 0 Å². The van der Waals surface area contributed by atoms with Gasteiger partial charge < -0.3 is 55.9 Å². The van der Waals surface area contributed by atoms with Gasteiger partial charge in [0, 0.05) is 24.1 Å². The summed E-state index contributed by atoms with van der Waals surface area (Å²) < 4.78 is 17.8. The zero-order valence-corrected chi connectivity index (χ0v) is 47.2. The van der Waals surface area contributed by atoms with Crippen molar-refractivity contribution < 1.29 is 73.0 Å². The Hall–Kier alpha value is -11.5. The SMILES string of the molecule is CCCCCCCCc1ccc(N=Nc2cc(NC(=O)c3cc(Oc4ccc(C(=O)O)c(C(=O)NC)c4)ccc3C(=O)O)cc(NC(=O)c3cc(Oc4ccc(C(=O)O)c(C(=O)Nc5ccc(Oc6ccc(C)cc6)cc5)c4)ccc3C(=O)O)c2)cc1. The minimum Gasteiger partial charge on any atom is -0.478 e. The predicted octanol–water partition coefficient (Wildman–Crippen LogP) is 14.6. The number of hydrogen-bond donors (Lipinski definition) is 8. The summed E-state index contributed by atoms with van der Waals surface area (Å²) in [5, 5.41) is 59.2. The van der Waals surface area contributed by atoms with E-state index in [-0.39, 0.29) is 62.3 Å². The van der Waals surface area contributed by atoms with Crippen molar-refractivity contribution in [3.05, 3.63) is 219 Å². The number of benzene rings is 8. The molecule has 87 heavy (non-hydrogen) atoms. The van der Waals surface area contributed by atoms with Gasteiger partial charge in [-0.1, -0.05) is 68.9 Å². The molecule has 8 rings (SSSR count). The molecule has 0 aliphatic rings. The maximum absolute atomic E-state index is 14.3. The van der Waals surface area contributed by atoms with E-state index in [0.29, 0.717) is 22.9 Å². The van der Waals surface area contributed by atoms with Gasteiger partial charge in [-0.2, -0.15) is 10.2 Å². The third kappa shape index (κ3) is 16.6. The van der Waals surface area contributed by atoms with Gasteiger partial charge in [-0.15, -0.1) is 0 Å². The van der Waals surface area contributed by atoms with Gasteiger partial charge in [0.2, 0.25) is 0 Å². The van der Waals surface area contributed by atoms with Crippen LogP contribution in [0.2, 0.25) is 0 Å². The fourth-order valence-corrected chi connectivity index (χ4v) is 8.96. The van der Waals surface area contributed by atoms with Crippen LogP contribution in [0, 0.1) is 6.92 Å². The molecule has 8 N–H and O–H groups in total. The van der Waals surface area contributed by atoms with Gasteiger partial charge in [0.1, 0.15) is 34.5 Å². The van der Waals surface area contributed by atoms with Gasteiger partial charge >= 0.3 is 23.9 Å². The number of carbonyl (C=O) groups excluding carboxylic acids is 4. The van der Waals surface area contributed by atoms with Gasteiger partial charge in [-0.3, -0.25) is 19.2 Å². The molecule has 0 heterocycles. The first-order valence-electron chi connectivity index (χ1n) is 27.4. The second-order valence-corrected chi connectivity index (χ2v) is 19.8. The molecule has 21 heteroatoms. The average molecular weight is 1180 g/mol. The molecule has 0 unspecified atom stereocenters. The molecule has 0 aliphatic carbocycles. The third-order valence-corrected chi connectivity index (χ3v) is 13.4. The fourth-order valence-electron chi connectivity index (χ4n) is 8.96. The predicted molar refractivity (Wildman–Crippen MR) is 323 cm³/mol. The van der Waals surface area contributed by atoms with Crippen molar-refractivity contribution in [3.8, 4) is 34.5 Å². The summed E-state index contributed by atoms with van der Waals surface area (Å²) in [5.41, 5.74) is -0.0189. The molecule has 8 aromatic carbocycles. The summed E-state index contributed by atoms with van der Waals surface area (Å²) in [7, 11) is 1.31. The number of aryl methyl sites for hydroxylation is 2. The molecule has 0 fully saturated rings. The lowest BCUT2D eigenvalue weighted by molar-refractivity contribution is 0.0683. The van der Waals surface area contributed by atoms with Crippen molar-refractivity contribution in [1.82, 2.24) is 5.32 Å². The second-order valence-electron chi connectivity index (χ2n) is 19.8. The van der Waals surface area contributed by atoms with E-state index in [2.05, 4.69) is 38.4 Å². The minimum absolute atomic E-state index is 0.0188. The molecule has 0 radical (unpaired) electrons. The van der Waals surface area contributed by atoms with Crippen molar-refractivity contribution in [1.29, 1.82) is 0 Å². The first-order chi connectivity index (χ1) is 41.8. The zero-order chi connectivity index (χ0) is 62.1. The second kappa shape index (κ2) is 28.7. The largest absolute Gasteiger partial charge is 0.478 e. The summed E-state index contributed by atoms with van der Waals surface area (Å²) >= 11 is 0. The van der Waals surface area contributed by atoms with Crippen LogP contribution in [0.4, 0.5) is 28.4 Å². The molecule has 0 saturated heterocycles. The first kappa shape index (κ1) is 61.6. The zero-order valence-electron chi connectivity index (χ0n) is 47.2. The van der Waals surface area contributed by atoms with Crippen LogP contribution in [-0.4, -0.2) is 75.0 Å². The van der Waals surface area contributed by atoms with Crippen LogP contribution in [0.15, 0.2) is 174 Å². The number of aromatic carboxylic acids is 4. The number of carboxylic acid groups (broad SMARTS) is 4. The normalized spacial score (nSPS) is 10.8. The number of carbonyl (C=O) groups is 8. The molecule has 21 nitrogen and oxygen atoms in total. The minimum atomic E-state index is -1.50. The van der Waals surface area contributed by atoms with E-state index in [0.717, 1.165) is 73.2 Å². The molecule has 0 aromatic heterocycles. The number of nitrogens with one attached hydrogen (secondary N) is 4. The third-order valence-electron chi connectivity index (χ3n) is 13.4. The number of azo groups is 1. The van der Waals surface area contributed by atoms with Crippen LogP contribution in [0.1, 0.15) is 139 Å². The summed E-state index contributed by atoms with van der Waals surface area (Å²) in [6.45, 7) is 4.12. The van der Waals surface area contributed by atoms with Crippen LogP contribution < -0.4 is 35.5 Å². The number of unbranched alkanes of at least 4 members (excludes halogenated alkanes) is 5. The Morgan fingerprint density at radius 2 is 0.724 bits per heavy atom. The highest BCUT2D eigenvalue weighted by molar-refractivity contribution is 6.14. The smallest absolute Gasteiger partial charge is 0.336 e. The number of anilines is 3. The highest BCUT2D eigenvalue weighted by atomic mass is 16.5. The van der Waals surface area contributed by atoms with Crippen molar-refractivity contribution in [2.24, 2.45) is 10.2 Å². The van der Waals surface area contributed by atoms with Crippen LogP contribution in [-0.2, 0) is 6.42 Å². The number of amides is 4. The lowest BCUT2D eigenvalue weighted by Crippen LogP contribution is -2.21. The molecule has 8 aromatic rings. The van der Waals surface area contributed by atoms with Crippen molar-refractivity contribution >= 4 is 75.9 Å². The van der Waals surface area contributed by atoms with E-state index >= 15 is 0 Å². The standard InChI is InChI=1S/C66H58N6O15/c1-4-5-6-7-8-9-10-39-13-15-41(16-14-39)71-72-44-32-42(69-61(75)57-36-49(25-29-53(57)65(81)82)86-47-23-27-51(63(77)78)55(34-47)59(73)67-3)31-43(33-44)70-62(76)58-37-50(26-30-54(58)66(83)84)87-48-24-28-52(64(79)80)56(35-48)60(74)68-40-17-21-46(22-18-40)85-45-19-11-38(2)12-20-45/h11-37H,4-10H2,1-3H3,(H,67,73)(H,68,74)(H,69,75)(H,70,76)(H,77,78)(H,79,80)(H,81,82)(H,83,84). The number of rotatable bonds is 26. The van der Waals surface area contributed by atoms with Gasteiger partial charge in [0.05, 0.1) is 55.9 Å².